The second-order valence-corrected chi connectivity index (χ2v) is 4.36. The summed E-state index contributed by atoms with van der Waals surface area (Å²) in [5, 5.41) is 2.73. The van der Waals surface area contributed by atoms with E-state index in [1.165, 1.54) is 6.33 Å². The Bertz CT molecular complexity index is 586. The summed E-state index contributed by atoms with van der Waals surface area (Å²) in [5.41, 5.74) is 0.00173. The Hall–Kier alpha value is -1.34. The lowest BCUT2D eigenvalue weighted by atomic mass is 10.3. The minimum Gasteiger partial charge on any atom is -0.339 e. The first-order valence-corrected chi connectivity index (χ1v) is 5.73. The van der Waals surface area contributed by atoms with E-state index in [4.69, 9.17) is 11.6 Å². The number of benzene rings is 1. The predicted molar refractivity (Wildman–Crippen MR) is 64.3 cm³/mol. The van der Waals surface area contributed by atoms with Crippen LogP contribution in [0.5, 0.6) is 0 Å². The smallest absolute Gasteiger partial charge is 0.194 e. The number of rotatable bonds is 2. The van der Waals surface area contributed by atoms with E-state index in [9.17, 15) is 13.2 Å². The number of anilines is 2. The van der Waals surface area contributed by atoms with E-state index in [0.29, 0.717) is 4.47 Å². The lowest BCUT2D eigenvalue weighted by Crippen LogP contribution is -1.99. The van der Waals surface area contributed by atoms with Crippen molar-refractivity contribution in [2.24, 2.45) is 0 Å². The average Bonchev–Trinajstić information content (AvgIpc) is 2.32. The van der Waals surface area contributed by atoms with Gasteiger partial charge in [0.05, 0.1) is 4.47 Å². The Kier molecular flexibility index (Phi) is 3.72. The second-order valence-electron chi connectivity index (χ2n) is 3.21. The van der Waals surface area contributed by atoms with Gasteiger partial charge in [-0.2, -0.15) is 0 Å². The van der Waals surface area contributed by atoms with Crippen LogP contribution < -0.4 is 5.32 Å². The molecule has 8 heteroatoms. The van der Waals surface area contributed by atoms with Crippen molar-refractivity contribution in [1.29, 1.82) is 0 Å². The number of nitrogens with one attached hydrogen (secondary N) is 1. The van der Waals surface area contributed by atoms with Gasteiger partial charge in [0.25, 0.3) is 0 Å². The van der Waals surface area contributed by atoms with Crippen LogP contribution in [0.3, 0.4) is 0 Å². The molecule has 0 aliphatic heterocycles. The summed E-state index contributed by atoms with van der Waals surface area (Å²) in [6, 6.07) is 1.61. The molecule has 2 aromatic rings. The summed E-state index contributed by atoms with van der Waals surface area (Å²) in [5.74, 6) is -3.91. The molecule has 0 fully saturated rings. The minimum absolute atomic E-state index is 0.00173. The maximum absolute atomic E-state index is 13.0. The van der Waals surface area contributed by atoms with Gasteiger partial charge in [0, 0.05) is 17.8 Å². The van der Waals surface area contributed by atoms with Gasteiger partial charge in [-0.05, 0) is 15.9 Å². The summed E-state index contributed by atoms with van der Waals surface area (Å²) in [7, 11) is 0. The Balaban J connectivity index is 2.37. The third-order valence-electron chi connectivity index (χ3n) is 1.99. The van der Waals surface area contributed by atoms with E-state index >= 15 is 0 Å². The molecule has 0 atom stereocenters. The van der Waals surface area contributed by atoms with Gasteiger partial charge < -0.3 is 5.32 Å². The van der Waals surface area contributed by atoms with Crippen molar-refractivity contribution in [3.63, 3.8) is 0 Å². The van der Waals surface area contributed by atoms with E-state index in [1.807, 2.05) is 0 Å². The lowest BCUT2D eigenvalue weighted by molar-refractivity contribution is 0.448. The lowest BCUT2D eigenvalue weighted by Gasteiger charge is -2.08. The molecule has 0 radical (unpaired) electrons. The van der Waals surface area contributed by atoms with Crippen molar-refractivity contribution in [2.75, 3.05) is 5.32 Å². The molecule has 18 heavy (non-hydrogen) atoms. The molecule has 3 nitrogen and oxygen atoms in total. The van der Waals surface area contributed by atoms with Gasteiger partial charge in [-0.1, -0.05) is 11.6 Å². The minimum atomic E-state index is -1.53. The Morgan fingerprint density at radius 1 is 1.11 bits per heavy atom. The molecule has 0 saturated heterocycles. The van der Waals surface area contributed by atoms with Gasteiger partial charge >= 0.3 is 0 Å². The number of hydrogen-bond donors (Lipinski definition) is 1. The van der Waals surface area contributed by atoms with Crippen molar-refractivity contribution in [2.45, 2.75) is 0 Å². The molecule has 0 unspecified atom stereocenters. The summed E-state index contributed by atoms with van der Waals surface area (Å²) >= 11 is 8.83. The first-order chi connectivity index (χ1) is 8.49. The molecule has 0 bridgehead atoms. The van der Waals surface area contributed by atoms with Gasteiger partial charge in [0.15, 0.2) is 17.5 Å². The van der Waals surface area contributed by atoms with Crippen molar-refractivity contribution in [1.82, 2.24) is 9.97 Å². The third kappa shape index (κ3) is 2.56. The zero-order valence-corrected chi connectivity index (χ0v) is 10.9. The fourth-order valence-electron chi connectivity index (χ4n) is 1.20. The summed E-state index contributed by atoms with van der Waals surface area (Å²) in [6.07, 6.45) is 1.17. The van der Waals surface area contributed by atoms with Crippen LogP contribution in [0.4, 0.5) is 24.7 Å². The van der Waals surface area contributed by atoms with Crippen LogP contribution in [0.25, 0.3) is 0 Å². The largest absolute Gasteiger partial charge is 0.339 e. The fourth-order valence-corrected chi connectivity index (χ4v) is 1.64. The van der Waals surface area contributed by atoms with Crippen LogP contribution in [0, 0.1) is 17.5 Å². The van der Waals surface area contributed by atoms with Crippen molar-refractivity contribution in [3.05, 3.63) is 45.5 Å². The van der Waals surface area contributed by atoms with Crippen molar-refractivity contribution in [3.8, 4) is 0 Å². The molecule has 0 aliphatic carbocycles. The highest BCUT2D eigenvalue weighted by atomic mass is 79.9. The number of nitrogens with zero attached hydrogens (tertiary/aromatic N) is 2. The molecule has 1 aromatic carbocycles. The quantitative estimate of drug-likeness (QED) is 0.663. The Labute approximate surface area is 113 Å². The molecule has 0 spiro atoms. The average molecular weight is 339 g/mol. The van der Waals surface area contributed by atoms with E-state index < -0.39 is 17.5 Å². The maximum atomic E-state index is 13.0. The molecule has 0 aliphatic rings. The maximum Gasteiger partial charge on any atom is 0.194 e. The highest BCUT2D eigenvalue weighted by Crippen LogP contribution is 2.29. The molecule has 2 rings (SSSR count). The van der Waals surface area contributed by atoms with Crippen LogP contribution in [0.15, 0.2) is 22.9 Å². The molecule has 1 aromatic heterocycles. The molecular formula is C10H4BrClF3N3. The topological polar surface area (TPSA) is 37.8 Å². The number of aromatic nitrogens is 2. The molecule has 1 N–H and O–H groups in total. The molecular weight excluding hydrogens is 334 g/mol. The van der Waals surface area contributed by atoms with Gasteiger partial charge in [-0.15, -0.1) is 0 Å². The molecule has 94 valence electrons. The van der Waals surface area contributed by atoms with Gasteiger partial charge in [-0.3, -0.25) is 0 Å². The Morgan fingerprint density at radius 2 is 1.72 bits per heavy atom. The van der Waals surface area contributed by atoms with Crippen LogP contribution in [0.1, 0.15) is 0 Å². The molecule has 1 heterocycles. The predicted octanol–water partition coefficient (Wildman–Crippen LogP) is 4.05. The van der Waals surface area contributed by atoms with E-state index in [0.717, 1.165) is 12.1 Å². The van der Waals surface area contributed by atoms with E-state index in [1.54, 1.807) is 0 Å². The second kappa shape index (κ2) is 5.11. The summed E-state index contributed by atoms with van der Waals surface area (Å²) in [6.45, 7) is 0. The summed E-state index contributed by atoms with van der Waals surface area (Å²) < 4.78 is 39.1. The van der Waals surface area contributed by atoms with Crippen LogP contribution >= 0.6 is 27.5 Å². The first kappa shape index (κ1) is 13.1. The zero-order chi connectivity index (χ0) is 13.3. The van der Waals surface area contributed by atoms with Gasteiger partial charge in [0.2, 0.25) is 0 Å². The van der Waals surface area contributed by atoms with Gasteiger partial charge in [0.1, 0.15) is 17.3 Å². The van der Waals surface area contributed by atoms with Crippen molar-refractivity contribution >= 4 is 39.0 Å². The van der Waals surface area contributed by atoms with Crippen molar-refractivity contribution < 1.29 is 13.2 Å². The monoisotopic (exact) mass is 337 g/mol. The zero-order valence-electron chi connectivity index (χ0n) is 8.52. The molecule has 0 amide bonds. The Morgan fingerprint density at radius 3 is 2.33 bits per heavy atom. The van der Waals surface area contributed by atoms with E-state index in [-0.39, 0.29) is 16.7 Å². The van der Waals surface area contributed by atoms with Crippen LogP contribution in [-0.4, -0.2) is 9.97 Å². The highest BCUT2D eigenvalue weighted by molar-refractivity contribution is 9.10. The number of halogens is 5. The van der Waals surface area contributed by atoms with E-state index in [2.05, 4.69) is 31.2 Å². The first-order valence-electron chi connectivity index (χ1n) is 4.56. The highest BCUT2D eigenvalue weighted by Gasteiger charge is 2.12. The SMILES string of the molecule is Fc1cc(Nc2ncnc(Cl)c2Br)cc(F)c1F. The standard InChI is InChI=1S/C10H4BrClF3N3/c11-7-9(12)16-3-17-10(7)18-4-1-5(13)8(15)6(14)2-4/h1-3H,(H,16,17,18). The third-order valence-corrected chi connectivity index (χ3v) is 3.26. The van der Waals surface area contributed by atoms with Crippen LogP contribution in [-0.2, 0) is 0 Å². The summed E-state index contributed by atoms with van der Waals surface area (Å²) in [4.78, 5) is 7.51. The normalized spacial score (nSPS) is 10.5. The van der Waals surface area contributed by atoms with Crippen LogP contribution in [0.2, 0.25) is 5.15 Å². The number of hydrogen-bond acceptors (Lipinski definition) is 3. The molecule has 0 saturated carbocycles. The van der Waals surface area contributed by atoms with Gasteiger partial charge in [-0.25, -0.2) is 23.1 Å². The fraction of sp³-hybridized carbons (Fsp3) is 0.